The molecule has 0 radical (unpaired) electrons. The average molecular weight is 232 g/mol. The molecule has 0 amide bonds. The summed E-state index contributed by atoms with van der Waals surface area (Å²) in [5, 5.41) is 2.00. The van der Waals surface area contributed by atoms with Gasteiger partial charge in [0.2, 0.25) is 0 Å². The Kier molecular flexibility index (Phi) is 3.00. The third kappa shape index (κ3) is 2.56. The van der Waals surface area contributed by atoms with Crippen molar-refractivity contribution in [3.8, 4) is 11.8 Å². The van der Waals surface area contributed by atoms with Crippen molar-refractivity contribution >= 4 is 28.5 Å². The zero-order valence-corrected chi connectivity index (χ0v) is 9.74. The second-order valence-electron chi connectivity index (χ2n) is 2.95. The van der Waals surface area contributed by atoms with E-state index in [1.807, 2.05) is 29.6 Å². The minimum absolute atomic E-state index is 0.101. The Bertz CT molecular complexity index is 523. The molecule has 0 bridgehead atoms. The lowest BCUT2D eigenvalue weighted by Crippen LogP contribution is -1.83. The SMILES string of the molecule is CC(=O)c1ccc(C#Cc2cccs2)s1. The maximum atomic E-state index is 11.1. The van der Waals surface area contributed by atoms with E-state index in [0.717, 1.165) is 14.6 Å². The fraction of sp³-hybridized carbons (Fsp3) is 0.0833. The van der Waals surface area contributed by atoms with Gasteiger partial charge in [-0.1, -0.05) is 6.07 Å². The molecule has 0 atom stereocenters. The van der Waals surface area contributed by atoms with Crippen LogP contribution in [0.4, 0.5) is 0 Å². The lowest BCUT2D eigenvalue weighted by molar-refractivity contribution is 0.102. The molecule has 74 valence electrons. The van der Waals surface area contributed by atoms with Gasteiger partial charge in [0.25, 0.3) is 0 Å². The van der Waals surface area contributed by atoms with E-state index in [1.54, 1.807) is 18.3 Å². The van der Waals surface area contributed by atoms with E-state index in [4.69, 9.17) is 0 Å². The highest BCUT2D eigenvalue weighted by molar-refractivity contribution is 7.14. The van der Waals surface area contributed by atoms with Crippen LogP contribution in [0.3, 0.4) is 0 Å². The van der Waals surface area contributed by atoms with E-state index < -0.39 is 0 Å². The average Bonchev–Trinajstić information content (AvgIpc) is 2.86. The van der Waals surface area contributed by atoms with E-state index in [9.17, 15) is 4.79 Å². The molecule has 0 spiro atoms. The number of carbonyl (C=O) groups is 1. The van der Waals surface area contributed by atoms with E-state index in [-0.39, 0.29) is 5.78 Å². The lowest BCUT2D eigenvalue weighted by atomic mass is 10.3. The van der Waals surface area contributed by atoms with Gasteiger partial charge in [-0.05, 0) is 42.3 Å². The maximum absolute atomic E-state index is 11.1. The zero-order chi connectivity index (χ0) is 10.7. The molecule has 2 aromatic rings. The normalized spacial score (nSPS) is 9.40. The van der Waals surface area contributed by atoms with E-state index in [2.05, 4.69) is 11.8 Å². The highest BCUT2D eigenvalue weighted by atomic mass is 32.1. The Labute approximate surface area is 96.4 Å². The summed E-state index contributed by atoms with van der Waals surface area (Å²) in [7, 11) is 0. The molecular weight excluding hydrogens is 224 g/mol. The summed E-state index contributed by atoms with van der Waals surface area (Å²) in [4.78, 5) is 13.8. The first-order valence-electron chi connectivity index (χ1n) is 4.42. The molecule has 0 fully saturated rings. The van der Waals surface area contributed by atoms with Crippen molar-refractivity contribution in [2.45, 2.75) is 6.92 Å². The van der Waals surface area contributed by atoms with Crippen LogP contribution in [0.25, 0.3) is 0 Å². The summed E-state index contributed by atoms with van der Waals surface area (Å²) in [6, 6.07) is 7.68. The van der Waals surface area contributed by atoms with Crippen molar-refractivity contribution in [3.63, 3.8) is 0 Å². The third-order valence-corrected chi connectivity index (χ3v) is 3.67. The summed E-state index contributed by atoms with van der Waals surface area (Å²) in [5.41, 5.74) is 0. The molecule has 2 heterocycles. The quantitative estimate of drug-likeness (QED) is 0.544. The standard InChI is InChI=1S/C12H8OS2/c1-9(13)12-7-6-11(15-12)5-4-10-3-2-8-14-10/h2-3,6-8H,1H3. The molecule has 0 aliphatic rings. The van der Waals surface area contributed by atoms with Crippen LogP contribution in [0.15, 0.2) is 29.6 Å². The van der Waals surface area contributed by atoms with Crippen LogP contribution in [0.2, 0.25) is 0 Å². The molecule has 0 saturated carbocycles. The highest BCUT2D eigenvalue weighted by Gasteiger charge is 2.01. The summed E-state index contributed by atoms with van der Waals surface area (Å²) < 4.78 is 0. The fourth-order valence-corrected chi connectivity index (χ4v) is 2.39. The second kappa shape index (κ2) is 4.43. The van der Waals surface area contributed by atoms with E-state index >= 15 is 0 Å². The molecule has 0 aliphatic heterocycles. The minimum Gasteiger partial charge on any atom is -0.294 e. The predicted octanol–water partition coefficient (Wildman–Crippen LogP) is 3.41. The van der Waals surface area contributed by atoms with Crippen molar-refractivity contribution in [1.29, 1.82) is 0 Å². The highest BCUT2D eigenvalue weighted by Crippen LogP contribution is 2.16. The summed E-state index contributed by atoms with van der Waals surface area (Å²) >= 11 is 3.06. The number of carbonyl (C=O) groups excluding carboxylic acids is 1. The number of hydrogen-bond acceptors (Lipinski definition) is 3. The van der Waals surface area contributed by atoms with Gasteiger partial charge in [0, 0.05) is 0 Å². The van der Waals surface area contributed by atoms with Gasteiger partial charge in [-0.3, -0.25) is 4.79 Å². The van der Waals surface area contributed by atoms with Crippen LogP contribution in [0.5, 0.6) is 0 Å². The molecule has 15 heavy (non-hydrogen) atoms. The molecule has 1 nitrogen and oxygen atoms in total. The van der Waals surface area contributed by atoms with Crippen LogP contribution in [-0.2, 0) is 0 Å². The summed E-state index contributed by atoms with van der Waals surface area (Å²) in [6.45, 7) is 1.57. The van der Waals surface area contributed by atoms with Crippen molar-refractivity contribution in [2.75, 3.05) is 0 Å². The molecule has 0 aromatic carbocycles. The monoisotopic (exact) mass is 232 g/mol. The first-order valence-corrected chi connectivity index (χ1v) is 6.11. The van der Waals surface area contributed by atoms with Crippen molar-refractivity contribution in [3.05, 3.63) is 44.3 Å². The van der Waals surface area contributed by atoms with Gasteiger partial charge >= 0.3 is 0 Å². The predicted molar refractivity (Wildman–Crippen MR) is 64.6 cm³/mol. The topological polar surface area (TPSA) is 17.1 Å². The maximum Gasteiger partial charge on any atom is 0.169 e. The molecule has 0 saturated heterocycles. The first kappa shape index (κ1) is 10.2. The summed E-state index contributed by atoms with van der Waals surface area (Å²) in [5.74, 6) is 6.21. The molecule has 0 unspecified atom stereocenters. The van der Waals surface area contributed by atoms with Gasteiger partial charge in [0.1, 0.15) is 0 Å². The van der Waals surface area contributed by atoms with E-state index in [1.165, 1.54) is 11.3 Å². The first-order chi connectivity index (χ1) is 7.25. The van der Waals surface area contributed by atoms with Crippen LogP contribution in [0, 0.1) is 11.8 Å². The van der Waals surface area contributed by atoms with Crippen LogP contribution >= 0.6 is 22.7 Å². The van der Waals surface area contributed by atoms with Crippen LogP contribution < -0.4 is 0 Å². The Morgan fingerprint density at radius 2 is 2.00 bits per heavy atom. The number of rotatable bonds is 1. The Morgan fingerprint density at radius 3 is 2.60 bits per heavy atom. The van der Waals surface area contributed by atoms with Crippen molar-refractivity contribution in [1.82, 2.24) is 0 Å². The second-order valence-corrected chi connectivity index (χ2v) is 4.98. The lowest BCUT2D eigenvalue weighted by Gasteiger charge is -1.82. The van der Waals surface area contributed by atoms with Gasteiger partial charge in [-0.2, -0.15) is 0 Å². The zero-order valence-electron chi connectivity index (χ0n) is 8.11. The Hall–Kier alpha value is -1.37. The third-order valence-electron chi connectivity index (χ3n) is 1.78. The summed E-state index contributed by atoms with van der Waals surface area (Å²) in [6.07, 6.45) is 0. The number of thiophene rings is 2. The fourth-order valence-electron chi connectivity index (χ4n) is 1.07. The molecule has 2 rings (SSSR count). The van der Waals surface area contributed by atoms with Gasteiger partial charge in [-0.15, -0.1) is 22.7 Å². The minimum atomic E-state index is 0.101. The number of Topliss-reactive ketones (excluding diaryl/α,β-unsaturated/α-hetero) is 1. The van der Waals surface area contributed by atoms with Gasteiger partial charge < -0.3 is 0 Å². The van der Waals surface area contributed by atoms with E-state index in [0.29, 0.717) is 0 Å². The molecular formula is C12H8OS2. The van der Waals surface area contributed by atoms with Gasteiger partial charge in [0.05, 0.1) is 14.6 Å². The molecule has 3 heteroatoms. The van der Waals surface area contributed by atoms with Crippen molar-refractivity contribution < 1.29 is 4.79 Å². The smallest absolute Gasteiger partial charge is 0.169 e. The Morgan fingerprint density at radius 1 is 1.20 bits per heavy atom. The molecule has 0 N–H and O–H groups in total. The van der Waals surface area contributed by atoms with Gasteiger partial charge in [0.15, 0.2) is 5.78 Å². The van der Waals surface area contributed by atoms with Crippen LogP contribution in [-0.4, -0.2) is 5.78 Å². The van der Waals surface area contributed by atoms with Crippen molar-refractivity contribution in [2.24, 2.45) is 0 Å². The molecule has 0 aliphatic carbocycles. The number of hydrogen-bond donors (Lipinski definition) is 0. The largest absolute Gasteiger partial charge is 0.294 e. The molecule has 2 aromatic heterocycles. The number of ketones is 1. The Balaban J connectivity index is 2.21. The van der Waals surface area contributed by atoms with Gasteiger partial charge in [-0.25, -0.2) is 0 Å². The van der Waals surface area contributed by atoms with Crippen LogP contribution in [0.1, 0.15) is 26.3 Å².